The van der Waals surface area contributed by atoms with E-state index in [4.69, 9.17) is 0 Å². The van der Waals surface area contributed by atoms with Gasteiger partial charge in [0.05, 0.1) is 4.92 Å². The van der Waals surface area contributed by atoms with E-state index >= 15 is 0 Å². The summed E-state index contributed by atoms with van der Waals surface area (Å²) >= 11 is 0. The standard InChI is InChI=1S/C14H18N2O4/c1-3-14(13(17)18)8-5-9-15(14)11-7-4-6-10(2)12(11)16(19)20/h4,6-7H,3,5,8-9H2,1-2H3,(H,17,18). The lowest BCUT2D eigenvalue weighted by atomic mass is 9.92. The van der Waals surface area contributed by atoms with Crippen molar-refractivity contribution >= 4 is 17.3 Å². The number of aliphatic carboxylic acids is 1. The fourth-order valence-electron chi connectivity index (χ4n) is 3.07. The minimum atomic E-state index is -1.03. The van der Waals surface area contributed by atoms with Gasteiger partial charge < -0.3 is 10.0 Å². The second-order valence-electron chi connectivity index (χ2n) is 5.15. The van der Waals surface area contributed by atoms with Gasteiger partial charge in [0.15, 0.2) is 0 Å². The van der Waals surface area contributed by atoms with Crippen LogP contribution in [0.25, 0.3) is 0 Å². The van der Waals surface area contributed by atoms with Gasteiger partial charge >= 0.3 is 5.97 Å². The molecule has 1 N–H and O–H groups in total. The first-order valence-electron chi connectivity index (χ1n) is 6.69. The molecule has 0 spiro atoms. The predicted molar refractivity (Wildman–Crippen MR) is 75.1 cm³/mol. The van der Waals surface area contributed by atoms with Crippen LogP contribution in [0.2, 0.25) is 0 Å². The molecule has 1 aliphatic rings. The van der Waals surface area contributed by atoms with Crippen molar-refractivity contribution in [1.29, 1.82) is 0 Å². The molecule has 0 bridgehead atoms. The van der Waals surface area contributed by atoms with Crippen LogP contribution in [0.15, 0.2) is 18.2 Å². The Morgan fingerprint density at radius 3 is 2.80 bits per heavy atom. The molecule has 6 heteroatoms. The first kappa shape index (κ1) is 14.3. The summed E-state index contributed by atoms with van der Waals surface area (Å²) in [6.07, 6.45) is 1.67. The number of hydrogen-bond donors (Lipinski definition) is 1. The van der Waals surface area contributed by atoms with Crippen LogP contribution in [0.4, 0.5) is 11.4 Å². The maximum atomic E-state index is 11.7. The summed E-state index contributed by atoms with van der Waals surface area (Å²) in [4.78, 5) is 24.3. The van der Waals surface area contributed by atoms with Gasteiger partial charge in [-0.2, -0.15) is 0 Å². The number of carboxylic acid groups (broad SMARTS) is 1. The maximum absolute atomic E-state index is 11.7. The van der Waals surface area contributed by atoms with Gasteiger partial charge in [-0.1, -0.05) is 19.1 Å². The van der Waals surface area contributed by atoms with Crippen LogP contribution in [-0.2, 0) is 4.79 Å². The number of hydrogen-bond acceptors (Lipinski definition) is 4. The summed E-state index contributed by atoms with van der Waals surface area (Å²) in [5, 5.41) is 20.9. The lowest BCUT2D eigenvalue weighted by molar-refractivity contribution is -0.384. The van der Waals surface area contributed by atoms with E-state index in [1.54, 1.807) is 30.0 Å². The number of nitro benzene ring substituents is 1. The molecular weight excluding hydrogens is 260 g/mol. The van der Waals surface area contributed by atoms with Crippen molar-refractivity contribution in [2.75, 3.05) is 11.4 Å². The number of carbonyl (C=O) groups is 1. The Hall–Kier alpha value is -2.11. The minimum absolute atomic E-state index is 0.00785. The van der Waals surface area contributed by atoms with Gasteiger partial charge in [-0.3, -0.25) is 10.1 Å². The van der Waals surface area contributed by atoms with E-state index in [1.807, 2.05) is 6.92 Å². The highest BCUT2D eigenvalue weighted by atomic mass is 16.6. The van der Waals surface area contributed by atoms with Gasteiger partial charge in [0, 0.05) is 12.1 Å². The average Bonchev–Trinajstić information content (AvgIpc) is 2.82. The zero-order chi connectivity index (χ0) is 14.9. The number of nitrogens with zero attached hydrogens (tertiary/aromatic N) is 2. The van der Waals surface area contributed by atoms with Gasteiger partial charge in [-0.15, -0.1) is 0 Å². The number of para-hydroxylation sites is 1. The summed E-state index contributed by atoms with van der Waals surface area (Å²) in [5.74, 6) is -0.909. The monoisotopic (exact) mass is 278 g/mol. The van der Waals surface area contributed by atoms with Gasteiger partial charge in [0.1, 0.15) is 11.2 Å². The molecule has 1 fully saturated rings. The molecule has 1 atom stereocenters. The second kappa shape index (κ2) is 5.11. The predicted octanol–water partition coefficient (Wildman–Crippen LogP) is 2.74. The second-order valence-corrected chi connectivity index (χ2v) is 5.15. The lowest BCUT2D eigenvalue weighted by Gasteiger charge is -2.35. The number of benzene rings is 1. The maximum Gasteiger partial charge on any atom is 0.329 e. The molecule has 1 aliphatic heterocycles. The number of nitro groups is 1. The van der Waals surface area contributed by atoms with Gasteiger partial charge in [0.25, 0.3) is 5.69 Å². The van der Waals surface area contributed by atoms with Crippen LogP contribution in [-0.4, -0.2) is 28.1 Å². The molecule has 108 valence electrons. The highest BCUT2D eigenvalue weighted by Gasteiger charge is 2.48. The molecule has 2 rings (SSSR count). The zero-order valence-corrected chi connectivity index (χ0v) is 11.6. The van der Waals surface area contributed by atoms with Gasteiger partial charge in [-0.05, 0) is 32.3 Å². The molecule has 0 saturated carbocycles. The summed E-state index contributed by atoms with van der Waals surface area (Å²) < 4.78 is 0. The van der Waals surface area contributed by atoms with Crippen LogP contribution in [0.5, 0.6) is 0 Å². The van der Waals surface area contributed by atoms with Crippen molar-refractivity contribution in [2.24, 2.45) is 0 Å². The van der Waals surface area contributed by atoms with Crippen LogP contribution >= 0.6 is 0 Å². The van der Waals surface area contributed by atoms with Gasteiger partial charge in [-0.25, -0.2) is 4.79 Å². The summed E-state index contributed by atoms with van der Waals surface area (Å²) in [5.41, 5.74) is -0.0570. The number of aryl methyl sites for hydroxylation is 1. The van der Waals surface area contributed by atoms with E-state index in [-0.39, 0.29) is 5.69 Å². The molecule has 1 aromatic carbocycles. The zero-order valence-electron chi connectivity index (χ0n) is 11.6. The summed E-state index contributed by atoms with van der Waals surface area (Å²) in [6.45, 7) is 4.02. The van der Waals surface area contributed by atoms with Crippen molar-refractivity contribution in [3.05, 3.63) is 33.9 Å². The third kappa shape index (κ3) is 2.01. The largest absolute Gasteiger partial charge is 0.479 e. The Morgan fingerprint density at radius 1 is 1.55 bits per heavy atom. The topological polar surface area (TPSA) is 83.7 Å². The first-order chi connectivity index (χ1) is 9.44. The highest BCUT2D eigenvalue weighted by Crippen LogP contribution is 2.42. The molecule has 20 heavy (non-hydrogen) atoms. The quantitative estimate of drug-likeness (QED) is 0.676. The Kier molecular flexibility index (Phi) is 3.65. The van der Waals surface area contributed by atoms with E-state index in [9.17, 15) is 20.0 Å². The van der Waals surface area contributed by atoms with Gasteiger partial charge in [0.2, 0.25) is 0 Å². The van der Waals surface area contributed by atoms with Crippen LogP contribution < -0.4 is 4.90 Å². The van der Waals surface area contributed by atoms with Crippen LogP contribution in [0.3, 0.4) is 0 Å². The fourth-order valence-corrected chi connectivity index (χ4v) is 3.07. The van der Waals surface area contributed by atoms with E-state index in [0.29, 0.717) is 30.6 Å². The molecular formula is C14H18N2O4. The third-order valence-electron chi connectivity index (χ3n) is 4.16. The number of anilines is 1. The molecule has 1 heterocycles. The molecule has 0 aliphatic carbocycles. The molecule has 1 unspecified atom stereocenters. The SMILES string of the molecule is CCC1(C(=O)O)CCCN1c1cccc(C)c1[N+](=O)[O-]. The highest BCUT2D eigenvalue weighted by molar-refractivity contribution is 5.86. The van der Waals surface area contributed by atoms with Crippen molar-refractivity contribution in [2.45, 2.75) is 38.6 Å². The Balaban J connectivity index is 2.59. The molecule has 1 saturated heterocycles. The average molecular weight is 278 g/mol. The number of rotatable bonds is 4. The van der Waals surface area contributed by atoms with Crippen molar-refractivity contribution in [1.82, 2.24) is 0 Å². The molecule has 0 aromatic heterocycles. The van der Waals surface area contributed by atoms with E-state index < -0.39 is 16.4 Å². The first-order valence-corrected chi connectivity index (χ1v) is 6.69. The van der Waals surface area contributed by atoms with E-state index in [2.05, 4.69) is 0 Å². The molecule has 1 aromatic rings. The van der Waals surface area contributed by atoms with Crippen molar-refractivity contribution in [3.63, 3.8) is 0 Å². The Morgan fingerprint density at radius 2 is 2.25 bits per heavy atom. The van der Waals surface area contributed by atoms with E-state index in [1.165, 1.54) is 0 Å². The lowest BCUT2D eigenvalue weighted by Crippen LogP contribution is -2.50. The molecule has 6 nitrogen and oxygen atoms in total. The normalized spacial score (nSPS) is 22.0. The molecule has 0 amide bonds. The van der Waals surface area contributed by atoms with Crippen LogP contribution in [0.1, 0.15) is 31.7 Å². The third-order valence-corrected chi connectivity index (χ3v) is 4.16. The van der Waals surface area contributed by atoms with Crippen molar-refractivity contribution < 1.29 is 14.8 Å². The molecule has 0 radical (unpaired) electrons. The Labute approximate surface area is 117 Å². The Bertz CT molecular complexity index is 558. The smallest absolute Gasteiger partial charge is 0.329 e. The fraction of sp³-hybridized carbons (Fsp3) is 0.500. The van der Waals surface area contributed by atoms with Crippen molar-refractivity contribution in [3.8, 4) is 0 Å². The van der Waals surface area contributed by atoms with Crippen LogP contribution in [0, 0.1) is 17.0 Å². The summed E-state index contributed by atoms with van der Waals surface area (Å²) in [6, 6.07) is 5.05. The minimum Gasteiger partial charge on any atom is -0.479 e. The summed E-state index contributed by atoms with van der Waals surface area (Å²) in [7, 11) is 0. The number of carboxylic acids is 1. The van der Waals surface area contributed by atoms with E-state index in [0.717, 1.165) is 6.42 Å².